The molecule has 0 aliphatic carbocycles. The van der Waals surface area contributed by atoms with Crippen LogP contribution in [-0.4, -0.2) is 17.5 Å². The number of aromatic nitrogens is 1. The van der Waals surface area contributed by atoms with E-state index in [0.29, 0.717) is 23.7 Å². The van der Waals surface area contributed by atoms with Crippen molar-refractivity contribution in [1.29, 1.82) is 0 Å². The highest BCUT2D eigenvalue weighted by molar-refractivity contribution is 6.04. The molecule has 0 saturated heterocycles. The van der Waals surface area contributed by atoms with E-state index in [4.69, 9.17) is 4.74 Å². The molecule has 5 nitrogen and oxygen atoms in total. The lowest BCUT2D eigenvalue weighted by Crippen LogP contribution is -2.12. The maximum atomic E-state index is 12.4. The molecular formula is C22H23N3O2. The van der Waals surface area contributed by atoms with Crippen LogP contribution in [0.1, 0.15) is 28.4 Å². The largest absolute Gasteiger partial charge is 0.492 e. The van der Waals surface area contributed by atoms with E-state index in [1.165, 1.54) is 0 Å². The van der Waals surface area contributed by atoms with Gasteiger partial charge in [-0.25, -0.2) is 4.98 Å². The zero-order chi connectivity index (χ0) is 19.2. The summed E-state index contributed by atoms with van der Waals surface area (Å²) >= 11 is 0. The topological polar surface area (TPSA) is 63.2 Å². The summed E-state index contributed by atoms with van der Waals surface area (Å²) in [6.07, 6.45) is 1.63. The molecule has 0 spiro atoms. The van der Waals surface area contributed by atoms with Gasteiger partial charge in [-0.3, -0.25) is 4.79 Å². The third-order valence-corrected chi connectivity index (χ3v) is 4.24. The standard InChI is InChI=1S/C22H23N3O2/c1-4-27-20-8-6-5-7-19(20)25-21-12-11-18(14-23-21)24-22(26)17-10-9-15(2)16(3)13-17/h5-14H,4H2,1-3H3,(H,23,25)(H,24,26). The summed E-state index contributed by atoms with van der Waals surface area (Å²) < 4.78 is 5.61. The molecule has 0 aliphatic heterocycles. The lowest BCUT2D eigenvalue weighted by Gasteiger charge is -2.12. The van der Waals surface area contributed by atoms with Gasteiger partial charge in [0.15, 0.2) is 0 Å². The molecule has 1 amide bonds. The van der Waals surface area contributed by atoms with Crippen molar-refractivity contribution in [3.63, 3.8) is 0 Å². The number of anilines is 3. The van der Waals surface area contributed by atoms with Crippen LogP contribution in [0.3, 0.4) is 0 Å². The number of hydrogen-bond acceptors (Lipinski definition) is 4. The molecule has 2 N–H and O–H groups in total. The van der Waals surface area contributed by atoms with Gasteiger partial charge in [0.25, 0.3) is 5.91 Å². The summed E-state index contributed by atoms with van der Waals surface area (Å²) in [6.45, 7) is 6.56. The molecule has 0 bridgehead atoms. The summed E-state index contributed by atoms with van der Waals surface area (Å²) in [5.74, 6) is 1.29. The maximum absolute atomic E-state index is 12.4. The number of rotatable bonds is 6. The minimum atomic E-state index is -0.151. The molecule has 0 aliphatic rings. The second-order valence-electron chi connectivity index (χ2n) is 6.24. The molecule has 2 aromatic carbocycles. The highest BCUT2D eigenvalue weighted by Gasteiger charge is 2.08. The number of aryl methyl sites for hydroxylation is 2. The normalized spacial score (nSPS) is 10.3. The van der Waals surface area contributed by atoms with E-state index in [1.807, 2.05) is 75.4 Å². The van der Waals surface area contributed by atoms with Crippen molar-refractivity contribution in [1.82, 2.24) is 4.98 Å². The quantitative estimate of drug-likeness (QED) is 0.642. The molecule has 0 saturated carbocycles. The van der Waals surface area contributed by atoms with Crippen molar-refractivity contribution in [2.24, 2.45) is 0 Å². The molecule has 0 atom stereocenters. The number of carbonyl (C=O) groups is 1. The van der Waals surface area contributed by atoms with E-state index in [1.54, 1.807) is 6.20 Å². The fraction of sp³-hybridized carbons (Fsp3) is 0.182. The van der Waals surface area contributed by atoms with Crippen molar-refractivity contribution in [2.45, 2.75) is 20.8 Å². The molecule has 3 rings (SSSR count). The van der Waals surface area contributed by atoms with Crippen LogP contribution < -0.4 is 15.4 Å². The molecule has 27 heavy (non-hydrogen) atoms. The average Bonchev–Trinajstić information content (AvgIpc) is 2.67. The van der Waals surface area contributed by atoms with Gasteiger partial charge in [0, 0.05) is 5.56 Å². The first-order chi connectivity index (χ1) is 13.1. The molecule has 1 aromatic heterocycles. The SMILES string of the molecule is CCOc1ccccc1Nc1ccc(NC(=O)c2ccc(C)c(C)c2)cn1. The van der Waals surface area contributed by atoms with Gasteiger partial charge in [0.2, 0.25) is 0 Å². The maximum Gasteiger partial charge on any atom is 0.255 e. The molecular weight excluding hydrogens is 338 g/mol. The number of ether oxygens (including phenoxy) is 1. The van der Waals surface area contributed by atoms with Crippen LogP contribution >= 0.6 is 0 Å². The monoisotopic (exact) mass is 361 g/mol. The van der Waals surface area contributed by atoms with Crippen LogP contribution in [0.15, 0.2) is 60.8 Å². The molecule has 3 aromatic rings. The summed E-state index contributed by atoms with van der Waals surface area (Å²) in [5, 5.41) is 6.11. The summed E-state index contributed by atoms with van der Waals surface area (Å²) in [4.78, 5) is 16.8. The van der Waals surface area contributed by atoms with Gasteiger partial charge < -0.3 is 15.4 Å². The number of benzene rings is 2. The predicted molar refractivity (Wildman–Crippen MR) is 109 cm³/mol. The van der Waals surface area contributed by atoms with Crippen LogP contribution in [0, 0.1) is 13.8 Å². The van der Waals surface area contributed by atoms with Crippen LogP contribution in [0.2, 0.25) is 0 Å². The molecule has 0 radical (unpaired) electrons. The summed E-state index contributed by atoms with van der Waals surface area (Å²) in [5.41, 5.74) is 4.37. The van der Waals surface area contributed by atoms with Crippen LogP contribution in [-0.2, 0) is 0 Å². The Balaban J connectivity index is 1.68. The number of nitrogens with zero attached hydrogens (tertiary/aromatic N) is 1. The Morgan fingerprint density at radius 3 is 2.56 bits per heavy atom. The van der Waals surface area contributed by atoms with Gasteiger partial charge in [-0.2, -0.15) is 0 Å². The van der Waals surface area contributed by atoms with Gasteiger partial charge in [-0.1, -0.05) is 18.2 Å². The number of nitrogens with one attached hydrogen (secondary N) is 2. The molecule has 138 valence electrons. The number of hydrogen-bond donors (Lipinski definition) is 2. The van der Waals surface area contributed by atoms with Crippen LogP contribution in [0.5, 0.6) is 5.75 Å². The van der Waals surface area contributed by atoms with Crippen molar-refractivity contribution < 1.29 is 9.53 Å². The fourth-order valence-corrected chi connectivity index (χ4v) is 2.62. The lowest BCUT2D eigenvalue weighted by molar-refractivity contribution is 0.102. The number of para-hydroxylation sites is 2. The van der Waals surface area contributed by atoms with Crippen molar-refractivity contribution in [2.75, 3.05) is 17.2 Å². The molecule has 0 unspecified atom stereocenters. The van der Waals surface area contributed by atoms with Crippen molar-refractivity contribution in [3.05, 3.63) is 77.5 Å². The molecule has 1 heterocycles. The zero-order valence-corrected chi connectivity index (χ0v) is 15.7. The van der Waals surface area contributed by atoms with Gasteiger partial charge in [-0.15, -0.1) is 0 Å². The first-order valence-corrected chi connectivity index (χ1v) is 8.90. The second kappa shape index (κ2) is 8.36. The van der Waals surface area contributed by atoms with Crippen LogP contribution in [0.4, 0.5) is 17.2 Å². The van der Waals surface area contributed by atoms with Crippen LogP contribution in [0.25, 0.3) is 0 Å². The van der Waals surface area contributed by atoms with E-state index in [-0.39, 0.29) is 5.91 Å². The molecule has 0 fully saturated rings. The summed E-state index contributed by atoms with van der Waals surface area (Å²) in [7, 11) is 0. The van der Waals surface area contributed by atoms with Crippen molar-refractivity contribution in [3.8, 4) is 5.75 Å². The van der Waals surface area contributed by atoms with Gasteiger partial charge in [0.1, 0.15) is 11.6 Å². The second-order valence-corrected chi connectivity index (χ2v) is 6.24. The number of carbonyl (C=O) groups excluding carboxylic acids is 1. The smallest absolute Gasteiger partial charge is 0.255 e. The van der Waals surface area contributed by atoms with Gasteiger partial charge in [-0.05, 0) is 68.3 Å². The minimum Gasteiger partial charge on any atom is -0.492 e. The van der Waals surface area contributed by atoms with E-state index >= 15 is 0 Å². The summed E-state index contributed by atoms with van der Waals surface area (Å²) in [6, 6.07) is 17.0. The van der Waals surface area contributed by atoms with E-state index < -0.39 is 0 Å². The van der Waals surface area contributed by atoms with Gasteiger partial charge >= 0.3 is 0 Å². The Bertz CT molecular complexity index is 937. The third-order valence-electron chi connectivity index (χ3n) is 4.24. The average molecular weight is 361 g/mol. The van der Waals surface area contributed by atoms with Crippen molar-refractivity contribution >= 4 is 23.1 Å². The van der Waals surface area contributed by atoms with E-state index in [2.05, 4.69) is 15.6 Å². The highest BCUT2D eigenvalue weighted by atomic mass is 16.5. The van der Waals surface area contributed by atoms with E-state index in [0.717, 1.165) is 22.6 Å². The lowest BCUT2D eigenvalue weighted by atomic mass is 10.1. The van der Waals surface area contributed by atoms with Gasteiger partial charge in [0.05, 0.1) is 24.2 Å². The number of pyridine rings is 1. The van der Waals surface area contributed by atoms with E-state index in [9.17, 15) is 4.79 Å². The Morgan fingerprint density at radius 1 is 1.04 bits per heavy atom. The highest BCUT2D eigenvalue weighted by Crippen LogP contribution is 2.27. The first kappa shape index (κ1) is 18.5. The predicted octanol–water partition coefficient (Wildman–Crippen LogP) is 5.09. The Labute approximate surface area is 159 Å². The third kappa shape index (κ3) is 4.64. The molecule has 5 heteroatoms. The fourth-order valence-electron chi connectivity index (χ4n) is 2.62. The Morgan fingerprint density at radius 2 is 1.85 bits per heavy atom. The number of amides is 1. The first-order valence-electron chi connectivity index (χ1n) is 8.90. The zero-order valence-electron chi connectivity index (χ0n) is 15.7. The Kier molecular flexibility index (Phi) is 5.71. The Hall–Kier alpha value is -3.34. The minimum absolute atomic E-state index is 0.151.